The Morgan fingerprint density at radius 3 is 2.47 bits per heavy atom. The molecule has 0 saturated carbocycles. The summed E-state index contributed by atoms with van der Waals surface area (Å²) >= 11 is 1.98. The molecule has 0 radical (unpaired) electrons. The summed E-state index contributed by atoms with van der Waals surface area (Å²) < 4.78 is 0. The molecule has 100 valence electrons. The lowest BCUT2D eigenvalue weighted by Gasteiger charge is -2.39. The predicted molar refractivity (Wildman–Crippen MR) is 77.8 cm³/mol. The van der Waals surface area contributed by atoms with E-state index in [1.54, 1.807) is 0 Å². The summed E-state index contributed by atoms with van der Waals surface area (Å²) in [6, 6.07) is 2.60. The summed E-state index contributed by atoms with van der Waals surface area (Å²) in [7, 11) is 0. The van der Waals surface area contributed by atoms with Crippen LogP contribution in [0.15, 0.2) is 0 Å². The zero-order valence-electron chi connectivity index (χ0n) is 11.5. The highest BCUT2D eigenvalue weighted by Gasteiger charge is 2.39. The number of piperidine rings is 1. The number of rotatable bonds is 7. The highest BCUT2D eigenvalue weighted by Crippen LogP contribution is 2.35. The van der Waals surface area contributed by atoms with Gasteiger partial charge in [-0.3, -0.25) is 4.90 Å². The monoisotopic (exact) mass is 256 g/mol. The maximum absolute atomic E-state index is 3.65. The Bertz CT molecular complexity index is 208. The van der Waals surface area contributed by atoms with E-state index in [0.29, 0.717) is 0 Å². The SMILES string of the molecule is CCNC1CC2CCC(C1)N2CCCCSC. The maximum atomic E-state index is 3.65. The van der Waals surface area contributed by atoms with Gasteiger partial charge in [0, 0.05) is 18.1 Å². The van der Waals surface area contributed by atoms with Gasteiger partial charge >= 0.3 is 0 Å². The van der Waals surface area contributed by atoms with Crippen LogP contribution in [-0.4, -0.2) is 48.1 Å². The Kier molecular flexibility index (Phi) is 5.64. The highest BCUT2D eigenvalue weighted by molar-refractivity contribution is 7.98. The fraction of sp³-hybridized carbons (Fsp3) is 1.00. The van der Waals surface area contributed by atoms with E-state index in [0.717, 1.165) is 24.7 Å². The molecule has 2 fully saturated rings. The van der Waals surface area contributed by atoms with Crippen molar-refractivity contribution < 1.29 is 0 Å². The first-order valence-electron chi connectivity index (χ1n) is 7.33. The average Bonchev–Trinajstić information content (AvgIpc) is 2.57. The lowest BCUT2D eigenvalue weighted by Crippen LogP contribution is -2.49. The van der Waals surface area contributed by atoms with Gasteiger partial charge in [-0.05, 0) is 63.6 Å². The second-order valence-electron chi connectivity index (χ2n) is 5.55. The summed E-state index contributed by atoms with van der Waals surface area (Å²) in [6.07, 6.45) is 10.7. The van der Waals surface area contributed by atoms with Gasteiger partial charge in [0.15, 0.2) is 0 Å². The van der Waals surface area contributed by atoms with Gasteiger partial charge in [0.25, 0.3) is 0 Å². The van der Waals surface area contributed by atoms with Gasteiger partial charge in [-0.15, -0.1) is 0 Å². The molecule has 2 rings (SSSR count). The summed E-state index contributed by atoms with van der Waals surface area (Å²) in [5, 5.41) is 3.65. The van der Waals surface area contributed by atoms with E-state index in [1.807, 2.05) is 11.8 Å². The smallest absolute Gasteiger partial charge is 0.0114 e. The third-order valence-corrected chi connectivity index (χ3v) is 5.09. The molecule has 2 nitrogen and oxygen atoms in total. The zero-order chi connectivity index (χ0) is 12.1. The first kappa shape index (κ1) is 13.7. The molecule has 0 amide bonds. The van der Waals surface area contributed by atoms with Crippen molar-refractivity contribution in [2.24, 2.45) is 0 Å². The van der Waals surface area contributed by atoms with Crippen molar-refractivity contribution in [3.63, 3.8) is 0 Å². The van der Waals surface area contributed by atoms with Crippen molar-refractivity contribution >= 4 is 11.8 Å². The van der Waals surface area contributed by atoms with Crippen LogP contribution in [0.1, 0.15) is 45.4 Å². The minimum absolute atomic E-state index is 0.806. The molecule has 17 heavy (non-hydrogen) atoms. The van der Waals surface area contributed by atoms with Gasteiger partial charge in [-0.1, -0.05) is 6.92 Å². The van der Waals surface area contributed by atoms with Crippen molar-refractivity contribution in [2.75, 3.05) is 25.1 Å². The highest BCUT2D eigenvalue weighted by atomic mass is 32.2. The van der Waals surface area contributed by atoms with E-state index in [1.165, 1.54) is 50.8 Å². The number of unbranched alkanes of at least 4 members (excludes halogenated alkanes) is 1. The molecule has 2 aliphatic rings. The fourth-order valence-electron chi connectivity index (χ4n) is 3.64. The van der Waals surface area contributed by atoms with Crippen LogP contribution < -0.4 is 5.32 Å². The summed E-state index contributed by atoms with van der Waals surface area (Å²) in [6.45, 7) is 4.73. The number of hydrogen-bond donors (Lipinski definition) is 1. The van der Waals surface area contributed by atoms with Crippen LogP contribution in [0.3, 0.4) is 0 Å². The van der Waals surface area contributed by atoms with Crippen molar-refractivity contribution in [1.82, 2.24) is 10.2 Å². The molecule has 0 aromatic heterocycles. The van der Waals surface area contributed by atoms with Gasteiger partial charge in [0.05, 0.1) is 0 Å². The first-order valence-corrected chi connectivity index (χ1v) is 8.72. The Morgan fingerprint density at radius 1 is 1.18 bits per heavy atom. The number of fused-ring (bicyclic) bond motifs is 2. The molecular weight excluding hydrogens is 228 g/mol. The summed E-state index contributed by atoms with van der Waals surface area (Å²) in [5.74, 6) is 1.34. The summed E-state index contributed by atoms with van der Waals surface area (Å²) in [5.41, 5.74) is 0. The minimum atomic E-state index is 0.806. The Hall–Kier alpha value is 0.270. The summed E-state index contributed by atoms with van der Waals surface area (Å²) in [4.78, 5) is 2.83. The Balaban J connectivity index is 1.74. The molecule has 0 aromatic rings. The molecule has 3 heteroatoms. The van der Waals surface area contributed by atoms with Crippen LogP contribution in [-0.2, 0) is 0 Å². The molecule has 2 unspecified atom stereocenters. The second kappa shape index (κ2) is 7.01. The van der Waals surface area contributed by atoms with Gasteiger partial charge < -0.3 is 5.32 Å². The first-order chi connectivity index (χ1) is 8.35. The normalized spacial score (nSPS) is 33.2. The molecule has 2 bridgehead atoms. The quantitative estimate of drug-likeness (QED) is 0.705. The van der Waals surface area contributed by atoms with Crippen LogP contribution in [0.25, 0.3) is 0 Å². The van der Waals surface area contributed by atoms with Crippen LogP contribution in [0.4, 0.5) is 0 Å². The molecule has 2 saturated heterocycles. The number of hydrogen-bond acceptors (Lipinski definition) is 3. The van der Waals surface area contributed by atoms with Gasteiger partial charge in [-0.25, -0.2) is 0 Å². The predicted octanol–water partition coefficient (Wildman–Crippen LogP) is 2.73. The van der Waals surface area contributed by atoms with Gasteiger partial charge in [0.2, 0.25) is 0 Å². The van der Waals surface area contributed by atoms with E-state index in [4.69, 9.17) is 0 Å². The maximum Gasteiger partial charge on any atom is 0.0114 e. The third kappa shape index (κ3) is 3.62. The van der Waals surface area contributed by atoms with Crippen molar-refractivity contribution in [1.29, 1.82) is 0 Å². The number of thioether (sulfide) groups is 1. The Morgan fingerprint density at radius 2 is 1.88 bits per heavy atom. The van der Waals surface area contributed by atoms with Crippen molar-refractivity contribution in [3.8, 4) is 0 Å². The van der Waals surface area contributed by atoms with Crippen LogP contribution in [0, 0.1) is 0 Å². The molecule has 0 spiro atoms. The van der Waals surface area contributed by atoms with E-state index < -0.39 is 0 Å². The molecule has 2 heterocycles. The topological polar surface area (TPSA) is 15.3 Å². The lowest BCUT2D eigenvalue weighted by molar-refractivity contribution is 0.116. The van der Waals surface area contributed by atoms with Crippen molar-refractivity contribution in [3.05, 3.63) is 0 Å². The third-order valence-electron chi connectivity index (χ3n) is 4.39. The van der Waals surface area contributed by atoms with Gasteiger partial charge in [-0.2, -0.15) is 11.8 Å². The van der Waals surface area contributed by atoms with Crippen LogP contribution in [0.2, 0.25) is 0 Å². The minimum Gasteiger partial charge on any atom is -0.314 e. The van der Waals surface area contributed by atoms with Crippen LogP contribution in [0.5, 0.6) is 0 Å². The van der Waals surface area contributed by atoms with E-state index in [9.17, 15) is 0 Å². The van der Waals surface area contributed by atoms with E-state index >= 15 is 0 Å². The van der Waals surface area contributed by atoms with E-state index in [-0.39, 0.29) is 0 Å². The largest absolute Gasteiger partial charge is 0.314 e. The van der Waals surface area contributed by atoms with Gasteiger partial charge in [0.1, 0.15) is 0 Å². The molecule has 2 atom stereocenters. The molecule has 0 aromatic carbocycles. The average molecular weight is 256 g/mol. The molecule has 2 aliphatic heterocycles. The molecular formula is C14H28N2S. The second-order valence-corrected chi connectivity index (χ2v) is 6.53. The number of nitrogens with zero attached hydrogens (tertiary/aromatic N) is 1. The molecule has 0 aliphatic carbocycles. The lowest BCUT2D eigenvalue weighted by atomic mass is 9.97. The van der Waals surface area contributed by atoms with Crippen LogP contribution >= 0.6 is 11.8 Å². The number of nitrogens with one attached hydrogen (secondary N) is 1. The Labute approximate surface area is 111 Å². The fourth-order valence-corrected chi connectivity index (χ4v) is 4.13. The standard InChI is InChI=1S/C14H28N2S/c1-3-15-12-10-13-6-7-14(11-12)16(13)8-4-5-9-17-2/h12-15H,3-11H2,1-2H3. The van der Waals surface area contributed by atoms with Crippen molar-refractivity contribution in [2.45, 2.75) is 63.6 Å². The zero-order valence-corrected chi connectivity index (χ0v) is 12.3. The van der Waals surface area contributed by atoms with E-state index in [2.05, 4.69) is 23.4 Å². The molecule has 1 N–H and O–H groups in total.